The van der Waals surface area contributed by atoms with E-state index in [0.717, 1.165) is 0 Å². The van der Waals surface area contributed by atoms with E-state index in [2.05, 4.69) is 0 Å². The maximum Gasteiger partial charge on any atom is 0.332 e. The predicted octanol–water partition coefficient (Wildman–Crippen LogP) is -1.77. The molecular weight excluding hydrogens is 219 g/mol. The van der Waals surface area contributed by atoms with E-state index in [1.54, 1.807) is 0 Å². The van der Waals surface area contributed by atoms with Crippen molar-refractivity contribution in [3.8, 4) is 0 Å². The Morgan fingerprint density at radius 1 is 1.25 bits per heavy atom. The van der Waals surface area contributed by atoms with E-state index in [1.807, 2.05) is 0 Å². The summed E-state index contributed by atoms with van der Waals surface area (Å²) in [6.07, 6.45) is -2.19. The van der Waals surface area contributed by atoms with Gasteiger partial charge in [-0.1, -0.05) is 0 Å². The zero-order chi connectivity index (χ0) is 9.02. The number of carboxylic acid groups (broad SMARTS) is 2. The Bertz CT molecular complexity index is 155. The molecule has 6 nitrogen and oxygen atoms in total. The van der Waals surface area contributed by atoms with Gasteiger partial charge in [0.2, 0.25) is 0 Å². The molecule has 66 valence electrons. The van der Waals surface area contributed by atoms with Gasteiger partial charge in [0, 0.05) is 25.9 Å². The molecule has 0 aromatic heterocycles. The summed E-state index contributed by atoms with van der Waals surface area (Å²) < 4.78 is 0. The summed E-state index contributed by atoms with van der Waals surface area (Å²) in [5.74, 6) is -2.80. The maximum atomic E-state index is 10.0. The van der Waals surface area contributed by atoms with Crippen molar-refractivity contribution in [2.24, 2.45) is 5.73 Å². The quantitative estimate of drug-likeness (QED) is 0.423. The van der Waals surface area contributed by atoms with Gasteiger partial charge in [-0.2, -0.15) is 0 Å². The molecule has 0 heterocycles. The maximum absolute atomic E-state index is 10.0. The number of nitrogens with two attached hydrogens (primary N) is 1. The Labute approximate surface area is 81.1 Å². The molecule has 0 rings (SSSR count). The number of hydrogen-bond donors (Lipinski definition) is 4. The van der Waals surface area contributed by atoms with Crippen LogP contribution in [0.4, 0.5) is 0 Å². The van der Waals surface area contributed by atoms with Crippen molar-refractivity contribution in [1.82, 2.24) is 0 Å². The van der Waals surface area contributed by atoms with Gasteiger partial charge in [-0.25, -0.2) is 4.79 Å². The normalized spacial score (nSPS) is 14.2. The van der Waals surface area contributed by atoms with Crippen LogP contribution >= 0.6 is 0 Å². The molecule has 0 aliphatic carbocycles. The van der Waals surface area contributed by atoms with Crippen molar-refractivity contribution in [1.29, 1.82) is 0 Å². The van der Waals surface area contributed by atoms with Crippen LogP contribution < -0.4 is 5.73 Å². The number of carboxylic acids is 2. The van der Waals surface area contributed by atoms with Crippen LogP contribution in [0.25, 0.3) is 0 Å². The molecule has 12 heavy (non-hydrogen) atoms. The van der Waals surface area contributed by atoms with Gasteiger partial charge in [0.05, 0.1) is 0 Å². The number of hydrogen-bond acceptors (Lipinski definition) is 4. The van der Waals surface area contributed by atoms with Crippen LogP contribution in [0.2, 0.25) is 0 Å². The second kappa shape index (κ2) is 6.05. The van der Waals surface area contributed by atoms with Gasteiger partial charge in [-0.3, -0.25) is 4.79 Å². The largest absolute Gasteiger partial charge is 0.480 e. The van der Waals surface area contributed by atoms with Crippen molar-refractivity contribution in [2.75, 3.05) is 0 Å². The fourth-order valence-electron chi connectivity index (χ4n) is 0.442. The van der Waals surface area contributed by atoms with Crippen LogP contribution in [0, 0.1) is 0 Å². The minimum absolute atomic E-state index is 0. The first-order valence-corrected chi connectivity index (χ1v) is 2.84. The summed E-state index contributed by atoms with van der Waals surface area (Å²) in [6, 6.07) is -1.33. The first-order chi connectivity index (χ1) is 4.95. The van der Waals surface area contributed by atoms with E-state index in [0.29, 0.717) is 0 Å². The minimum atomic E-state index is -1.71. The number of carbonyl (C=O) groups is 2. The third kappa shape index (κ3) is 5.18. The van der Waals surface area contributed by atoms with Crippen LogP contribution in [0.15, 0.2) is 0 Å². The molecule has 0 spiro atoms. The van der Waals surface area contributed by atoms with Gasteiger partial charge in [0.25, 0.3) is 0 Å². The van der Waals surface area contributed by atoms with Crippen molar-refractivity contribution >= 4 is 11.9 Å². The third-order valence-corrected chi connectivity index (χ3v) is 1.08. The van der Waals surface area contributed by atoms with E-state index >= 15 is 0 Å². The van der Waals surface area contributed by atoms with Crippen LogP contribution in [-0.4, -0.2) is 39.4 Å². The number of aliphatic carboxylic acids is 2. The van der Waals surface area contributed by atoms with Crippen molar-refractivity contribution in [3.63, 3.8) is 0 Å². The van der Waals surface area contributed by atoms with Gasteiger partial charge in [-0.05, 0) is 0 Å². The zero-order valence-corrected chi connectivity index (χ0v) is 9.27. The van der Waals surface area contributed by atoms with Gasteiger partial charge in [0.15, 0.2) is 6.10 Å². The fraction of sp³-hybridized carbons (Fsp3) is 0.600. The summed E-state index contributed by atoms with van der Waals surface area (Å²) in [5, 5.41) is 24.9. The molecule has 0 saturated carbocycles. The molecule has 0 aromatic carbocycles. The molecule has 7 heteroatoms. The monoisotopic (exact) mass is 227 g/mol. The zero-order valence-electron chi connectivity index (χ0n) is 6.30. The topological polar surface area (TPSA) is 121 Å². The summed E-state index contributed by atoms with van der Waals surface area (Å²) in [7, 11) is 0. The van der Waals surface area contributed by atoms with E-state index in [-0.39, 0.29) is 19.5 Å². The summed E-state index contributed by atoms with van der Waals surface area (Å²) in [5.41, 5.74) is 4.93. The Morgan fingerprint density at radius 2 is 1.67 bits per heavy atom. The molecule has 0 radical (unpaired) electrons. The molecule has 0 fully saturated rings. The molecule has 0 saturated heterocycles. The summed E-state index contributed by atoms with van der Waals surface area (Å²) in [4.78, 5) is 20.0. The number of rotatable bonds is 4. The van der Waals surface area contributed by atoms with E-state index in [1.165, 1.54) is 0 Å². The average Bonchev–Trinajstić information content (AvgIpc) is 1.87. The molecule has 0 aromatic rings. The predicted molar refractivity (Wildman–Crippen MR) is 33.9 cm³/mol. The van der Waals surface area contributed by atoms with Crippen molar-refractivity contribution < 1.29 is 44.4 Å². The molecule has 0 aliphatic rings. The second-order valence-electron chi connectivity index (χ2n) is 2.03. The molecule has 0 aliphatic heterocycles. The first kappa shape index (κ1) is 14.0. The molecule has 0 bridgehead atoms. The smallest absolute Gasteiger partial charge is 0.332 e. The van der Waals surface area contributed by atoms with Crippen molar-refractivity contribution in [2.45, 2.75) is 18.6 Å². The Hall–Kier alpha value is -0.517. The fourth-order valence-corrected chi connectivity index (χ4v) is 0.442. The van der Waals surface area contributed by atoms with Crippen LogP contribution in [0.5, 0.6) is 0 Å². The number of aliphatic hydroxyl groups excluding tert-OH is 1. The number of aliphatic hydroxyl groups is 1. The van der Waals surface area contributed by atoms with Crippen LogP contribution in [-0.2, 0) is 29.1 Å². The SMILES string of the molecule is N[C@H](CC(O)C(=O)O)C(=O)O.[Zn]. The van der Waals surface area contributed by atoms with Crippen molar-refractivity contribution in [3.05, 3.63) is 0 Å². The van der Waals surface area contributed by atoms with Gasteiger partial charge < -0.3 is 21.1 Å². The van der Waals surface area contributed by atoms with Crippen LogP contribution in [0.1, 0.15) is 6.42 Å². The second-order valence-corrected chi connectivity index (χ2v) is 2.03. The first-order valence-electron chi connectivity index (χ1n) is 2.84. The molecule has 5 N–H and O–H groups in total. The summed E-state index contributed by atoms with van der Waals surface area (Å²) in [6.45, 7) is 0. The standard InChI is InChI=1S/C5H9NO5.Zn/c6-2(4(8)9)1-3(7)5(10)11;/h2-3,7H,1,6H2,(H,8,9)(H,10,11);/t2-,3?;/m1./s1. The Morgan fingerprint density at radius 3 is 1.92 bits per heavy atom. The Balaban J connectivity index is 0. The van der Waals surface area contributed by atoms with Gasteiger partial charge in [-0.15, -0.1) is 0 Å². The van der Waals surface area contributed by atoms with E-state index in [4.69, 9.17) is 21.1 Å². The van der Waals surface area contributed by atoms with Gasteiger partial charge in [0.1, 0.15) is 6.04 Å². The molecule has 2 atom stereocenters. The average molecular weight is 229 g/mol. The minimum Gasteiger partial charge on any atom is -0.480 e. The van der Waals surface area contributed by atoms with Gasteiger partial charge >= 0.3 is 11.9 Å². The van der Waals surface area contributed by atoms with E-state index in [9.17, 15) is 9.59 Å². The third-order valence-electron chi connectivity index (χ3n) is 1.08. The molecular formula is C5H9NO5Zn. The van der Waals surface area contributed by atoms with Crippen LogP contribution in [0.3, 0.4) is 0 Å². The molecule has 1 unspecified atom stereocenters. The molecule has 0 amide bonds. The Kier molecular flexibility index (Phi) is 7.08. The summed E-state index contributed by atoms with van der Waals surface area (Å²) >= 11 is 0. The van der Waals surface area contributed by atoms with E-state index < -0.39 is 30.5 Å².